The minimum atomic E-state index is -0.310. The highest BCUT2D eigenvalue weighted by Crippen LogP contribution is 2.33. The Labute approximate surface area is 179 Å². The first kappa shape index (κ1) is 20.5. The first-order chi connectivity index (χ1) is 15.1. The normalized spacial score (nSPS) is 11.9. The molecule has 0 saturated carbocycles. The minimum Gasteiger partial charge on any atom is -0.454 e. The fraction of sp³-hybridized carbons (Fsp3) is 0.261. The van der Waals surface area contributed by atoms with Crippen molar-refractivity contribution in [3.8, 4) is 11.5 Å². The molecule has 0 radical (unpaired) electrons. The summed E-state index contributed by atoms with van der Waals surface area (Å²) in [6.45, 7) is 3.12. The molecule has 0 aliphatic carbocycles. The van der Waals surface area contributed by atoms with Crippen LogP contribution in [0.4, 0.5) is 0 Å². The summed E-state index contributed by atoms with van der Waals surface area (Å²) in [5, 5.41) is 6.50. The van der Waals surface area contributed by atoms with Crippen LogP contribution < -0.4 is 14.8 Å². The molecule has 2 aromatic carbocycles. The topological polar surface area (TPSA) is 93.9 Å². The molecule has 1 aromatic heterocycles. The number of hydrogen-bond acceptors (Lipinski definition) is 6. The molecule has 160 valence electrons. The predicted molar refractivity (Wildman–Crippen MR) is 112 cm³/mol. The number of hydrogen-bond donors (Lipinski definition) is 1. The van der Waals surface area contributed by atoms with Gasteiger partial charge in [-0.05, 0) is 37.1 Å². The SMILES string of the molecule is CCNC(=O)c1cc(CN(CCc2ccccc2)C(=O)c2ccc3c(c2)OCO3)on1. The maximum atomic E-state index is 13.3. The summed E-state index contributed by atoms with van der Waals surface area (Å²) in [6, 6.07) is 16.6. The van der Waals surface area contributed by atoms with Crippen molar-refractivity contribution in [2.45, 2.75) is 19.9 Å². The third kappa shape index (κ3) is 4.85. The van der Waals surface area contributed by atoms with Crippen molar-refractivity contribution in [2.75, 3.05) is 19.9 Å². The number of nitrogens with zero attached hydrogens (tertiary/aromatic N) is 2. The maximum absolute atomic E-state index is 13.3. The average molecular weight is 421 g/mol. The summed E-state index contributed by atoms with van der Waals surface area (Å²) in [7, 11) is 0. The van der Waals surface area contributed by atoms with Crippen LogP contribution >= 0.6 is 0 Å². The van der Waals surface area contributed by atoms with Crippen LogP contribution in [-0.4, -0.2) is 41.8 Å². The van der Waals surface area contributed by atoms with E-state index >= 15 is 0 Å². The van der Waals surface area contributed by atoms with Gasteiger partial charge in [0.05, 0.1) is 6.54 Å². The number of carbonyl (C=O) groups excluding carboxylic acids is 2. The van der Waals surface area contributed by atoms with Gasteiger partial charge in [0.15, 0.2) is 23.0 Å². The van der Waals surface area contributed by atoms with E-state index in [2.05, 4.69) is 10.5 Å². The second kappa shape index (κ2) is 9.34. The molecule has 2 heterocycles. The second-order valence-electron chi connectivity index (χ2n) is 7.07. The zero-order valence-electron chi connectivity index (χ0n) is 17.2. The molecule has 0 spiro atoms. The highest BCUT2D eigenvalue weighted by molar-refractivity contribution is 5.95. The zero-order chi connectivity index (χ0) is 21.6. The van der Waals surface area contributed by atoms with E-state index in [1.165, 1.54) is 0 Å². The quantitative estimate of drug-likeness (QED) is 0.601. The van der Waals surface area contributed by atoms with Gasteiger partial charge in [-0.25, -0.2) is 0 Å². The lowest BCUT2D eigenvalue weighted by Crippen LogP contribution is -2.32. The van der Waals surface area contributed by atoms with Crippen LogP contribution in [0.15, 0.2) is 59.1 Å². The van der Waals surface area contributed by atoms with Gasteiger partial charge in [0.1, 0.15) is 0 Å². The van der Waals surface area contributed by atoms with Crippen molar-refractivity contribution >= 4 is 11.8 Å². The third-order valence-corrected chi connectivity index (χ3v) is 4.90. The van der Waals surface area contributed by atoms with Crippen LogP contribution in [0.3, 0.4) is 0 Å². The molecular formula is C23H23N3O5. The fourth-order valence-corrected chi connectivity index (χ4v) is 3.31. The first-order valence-corrected chi connectivity index (χ1v) is 10.1. The van der Waals surface area contributed by atoms with E-state index in [0.717, 1.165) is 5.56 Å². The van der Waals surface area contributed by atoms with Gasteiger partial charge in [0, 0.05) is 24.7 Å². The molecule has 0 bridgehead atoms. The summed E-state index contributed by atoms with van der Waals surface area (Å²) >= 11 is 0. The highest BCUT2D eigenvalue weighted by Gasteiger charge is 2.22. The van der Waals surface area contributed by atoms with Crippen LogP contribution in [0.5, 0.6) is 11.5 Å². The number of amides is 2. The molecule has 0 fully saturated rings. The Bertz CT molecular complexity index is 1060. The first-order valence-electron chi connectivity index (χ1n) is 10.1. The van der Waals surface area contributed by atoms with E-state index in [1.54, 1.807) is 29.2 Å². The minimum absolute atomic E-state index is 0.144. The Balaban J connectivity index is 1.53. The molecule has 1 N–H and O–H groups in total. The van der Waals surface area contributed by atoms with E-state index in [4.69, 9.17) is 14.0 Å². The summed E-state index contributed by atoms with van der Waals surface area (Å²) < 4.78 is 16.1. The van der Waals surface area contributed by atoms with Gasteiger partial charge in [-0.1, -0.05) is 35.5 Å². The molecule has 8 heteroatoms. The lowest BCUT2D eigenvalue weighted by Gasteiger charge is -2.22. The number of aromatic nitrogens is 1. The van der Waals surface area contributed by atoms with E-state index in [9.17, 15) is 9.59 Å². The van der Waals surface area contributed by atoms with Crippen molar-refractivity contribution in [2.24, 2.45) is 0 Å². The van der Waals surface area contributed by atoms with Crippen molar-refractivity contribution in [1.29, 1.82) is 0 Å². The lowest BCUT2D eigenvalue weighted by molar-refractivity contribution is 0.0728. The summed E-state index contributed by atoms with van der Waals surface area (Å²) in [6.07, 6.45) is 0.675. The Morgan fingerprint density at radius 3 is 2.68 bits per heavy atom. The van der Waals surface area contributed by atoms with Gasteiger partial charge in [-0.3, -0.25) is 9.59 Å². The van der Waals surface area contributed by atoms with Crippen LogP contribution in [0, 0.1) is 0 Å². The van der Waals surface area contributed by atoms with Gasteiger partial charge >= 0.3 is 0 Å². The molecule has 0 unspecified atom stereocenters. The molecule has 1 aliphatic rings. The molecule has 0 saturated heterocycles. The average Bonchev–Trinajstić information content (AvgIpc) is 3.46. The summed E-state index contributed by atoms with van der Waals surface area (Å²) in [4.78, 5) is 27.0. The van der Waals surface area contributed by atoms with Crippen LogP contribution in [0.2, 0.25) is 0 Å². The van der Waals surface area contributed by atoms with Crippen molar-refractivity contribution in [3.63, 3.8) is 0 Å². The molecule has 4 rings (SSSR count). The molecule has 31 heavy (non-hydrogen) atoms. The van der Waals surface area contributed by atoms with Crippen molar-refractivity contribution < 1.29 is 23.6 Å². The van der Waals surface area contributed by atoms with Crippen LogP contribution in [-0.2, 0) is 13.0 Å². The van der Waals surface area contributed by atoms with Crippen molar-refractivity contribution in [3.05, 3.63) is 77.2 Å². The second-order valence-corrected chi connectivity index (χ2v) is 7.07. The molecule has 8 nitrogen and oxygen atoms in total. The van der Waals surface area contributed by atoms with E-state index in [0.29, 0.717) is 42.3 Å². The summed E-state index contributed by atoms with van der Waals surface area (Å²) in [5.41, 5.74) is 1.79. The largest absolute Gasteiger partial charge is 0.454 e. The third-order valence-electron chi connectivity index (χ3n) is 4.90. The molecular weight excluding hydrogens is 398 g/mol. The predicted octanol–water partition coefficient (Wildman–Crippen LogP) is 3.04. The van der Waals surface area contributed by atoms with Gasteiger partial charge in [-0.15, -0.1) is 0 Å². The maximum Gasteiger partial charge on any atom is 0.273 e. The van der Waals surface area contributed by atoms with Gasteiger partial charge in [-0.2, -0.15) is 0 Å². The molecule has 0 atom stereocenters. The standard InChI is InChI=1S/C23H23N3O5/c1-2-24-22(27)19-13-18(31-25-19)14-26(11-10-16-6-4-3-5-7-16)23(28)17-8-9-20-21(12-17)30-15-29-20/h3-9,12-13H,2,10-11,14-15H2,1H3,(H,24,27). The Morgan fingerprint density at radius 1 is 1.06 bits per heavy atom. The van der Waals surface area contributed by atoms with E-state index in [-0.39, 0.29) is 30.8 Å². The van der Waals surface area contributed by atoms with Crippen LogP contribution in [0.1, 0.15) is 39.1 Å². The smallest absolute Gasteiger partial charge is 0.273 e. The van der Waals surface area contributed by atoms with E-state index < -0.39 is 0 Å². The monoisotopic (exact) mass is 421 g/mol. The Kier molecular flexibility index (Phi) is 6.16. The number of nitrogens with one attached hydrogen (secondary N) is 1. The van der Waals surface area contributed by atoms with Gasteiger partial charge < -0.3 is 24.2 Å². The van der Waals surface area contributed by atoms with Crippen molar-refractivity contribution in [1.82, 2.24) is 15.4 Å². The van der Waals surface area contributed by atoms with E-state index in [1.807, 2.05) is 37.3 Å². The zero-order valence-corrected chi connectivity index (χ0v) is 17.2. The lowest BCUT2D eigenvalue weighted by atomic mass is 10.1. The number of ether oxygens (including phenoxy) is 2. The summed E-state index contributed by atoms with van der Waals surface area (Å²) in [5.74, 6) is 1.12. The Hall–Kier alpha value is -3.81. The van der Waals surface area contributed by atoms with Crippen LogP contribution in [0.25, 0.3) is 0 Å². The number of rotatable bonds is 8. The molecule has 2 amide bonds. The Morgan fingerprint density at radius 2 is 1.87 bits per heavy atom. The highest BCUT2D eigenvalue weighted by atomic mass is 16.7. The van der Waals surface area contributed by atoms with Gasteiger partial charge in [0.2, 0.25) is 6.79 Å². The van der Waals surface area contributed by atoms with Gasteiger partial charge in [0.25, 0.3) is 11.8 Å². The fourth-order valence-electron chi connectivity index (χ4n) is 3.31. The number of fused-ring (bicyclic) bond motifs is 1. The number of benzene rings is 2. The molecule has 3 aromatic rings. The number of carbonyl (C=O) groups is 2. The molecule has 1 aliphatic heterocycles.